The third kappa shape index (κ3) is 6.78. The molecule has 0 aliphatic carbocycles. The van der Waals surface area contributed by atoms with E-state index in [0.717, 1.165) is 77.6 Å². The predicted octanol–water partition coefficient (Wildman–Crippen LogP) is 16.2. The Bertz CT molecular complexity index is 3980. The number of aromatic nitrogens is 2. The zero-order valence-electron chi connectivity index (χ0n) is 35.8. The Labute approximate surface area is 383 Å². The topological polar surface area (TPSA) is 61.8 Å². The summed E-state index contributed by atoms with van der Waals surface area (Å²) in [6.45, 7) is 9.89. The molecular formula is C59H34F3N5. The van der Waals surface area contributed by atoms with Crippen LogP contribution in [0.5, 0.6) is 0 Å². The van der Waals surface area contributed by atoms with E-state index in [1.54, 1.807) is 37.3 Å². The maximum absolute atomic E-state index is 14.9. The van der Waals surface area contributed by atoms with Gasteiger partial charge in [-0.05, 0) is 136 Å². The van der Waals surface area contributed by atoms with E-state index >= 15 is 0 Å². The van der Waals surface area contributed by atoms with Gasteiger partial charge in [-0.25, -0.2) is 4.85 Å². The summed E-state index contributed by atoms with van der Waals surface area (Å²) >= 11 is 0. The van der Waals surface area contributed by atoms with Crippen LogP contribution in [0.4, 0.5) is 18.9 Å². The van der Waals surface area contributed by atoms with Gasteiger partial charge in [-0.2, -0.15) is 23.7 Å². The van der Waals surface area contributed by atoms with Crippen molar-refractivity contribution in [3.63, 3.8) is 0 Å². The number of aryl methyl sites for hydroxylation is 1. The highest BCUT2D eigenvalue weighted by Crippen LogP contribution is 2.46. The van der Waals surface area contributed by atoms with Gasteiger partial charge < -0.3 is 9.13 Å². The molecule has 316 valence electrons. The van der Waals surface area contributed by atoms with Crippen LogP contribution in [0.2, 0.25) is 0 Å². The minimum Gasteiger partial charge on any atom is -0.309 e. The summed E-state index contributed by atoms with van der Waals surface area (Å²) in [5, 5.41) is 23.2. The lowest BCUT2D eigenvalue weighted by atomic mass is 9.91. The maximum atomic E-state index is 14.9. The summed E-state index contributed by atoms with van der Waals surface area (Å²) in [7, 11) is 0. The second kappa shape index (κ2) is 15.8. The van der Waals surface area contributed by atoms with E-state index in [4.69, 9.17) is 6.57 Å². The Morgan fingerprint density at radius 2 is 0.985 bits per heavy atom. The van der Waals surface area contributed by atoms with Crippen molar-refractivity contribution in [2.45, 2.75) is 13.1 Å². The highest BCUT2D eigenvalue weighted by atomic mass is 19.4. The largest absolute Gasteiger partial charge is 0.417 e. The van der Waals surface area contributed by atoms with Crippen LogP contribution >= 0.6 is 0 Å². The summed E-state index contributed by atoms with van der Waals surface area (Å²) in [6.07, 6.45) is -4.61. The van der Waals surface area contributed by atoms with E-state index in [-0.39, 0.29) is 5.56 Å². The van der Waals surface area contributed by atoms with Crippen LogP contribution < -0.4 is 0 Å². The molecule has 0 saturated carbocycles. The van der Waals surface area contributed by atoms with E-state index in [0.29, 0.717) is 44.8 Å². The van der Waals surface area contributed by atoms with Crippen molar-refractivity contribution < 1.29 is 13.2 Å². The van der Waals surface area contributed by atoms with E-state index in [1.807, 2.05) is 115 Å². The Morgan fingerprint density at radius 3 is 1.55 bits per heavy atom. The number of fused-ring (bicyclic) bond motifs is 6. The van der Waals surface area contributed by atoms with E-state index in [1.165, 1.54) is 6.07 Å². The smallest absolute Gasteiger partial charge is 0.309 e. The Kier molecular flexibility index (Phi) is 9.59. The minimum absolute atomic E-state index is 0.0943. The van der Waals surface area contributed by atoms with Gasteiger partial charge in [-0.3, -0.25) is 0 Å². The summed E-state index contributed by atoms with van der Waals surface area (Å²) < 4.78 is 49.0. The second-order valence-corrected chi connectivity index (χ2v) is 16.6. The Morgan fingerprint density at radius 1 is 0.463 bits per heavy atom. The SMILES string of the molecule is [C-]#[N+]c1ccc(-n2c3ccccc3c3cc(-c4cccc(C#N)c4)ccc32)c(-c2ccc(-c3c(C)cccc3C(F)(F)F)cc2-n2c3ccccc3c3cc(-c4cccc(C#N)c4)ccc32)c1. The third-order valence-electron chi connectivity index (χ3n) is 12.7. The molecule has 0 N–H and O–H groups in total. The fourth-order valence-electron chi connectivity index (χ4n) is 9.75. The van der Waals surface area contributed by atoms with E-state index < -0.39 is 11.7 Å². The first kappa shape index (κ1) is 40.6. The first-order chi connectivity index (χ1) is 32.6. The van der Waals surface area contributed by atoms with Gasteiger partial charge in [0.2, 0.25) is 0 Å². The molecule has 11 aromatic rings. The average Bonchev–Trinajstić information content (AvgIpc) is 3.87. The normalized spacial score (nSPS) is 11.5. The summed E-state index contributed by atoms with van der Waals surface area (Å²) in [5.41, 5.74) is 11.8. The maximum Gasteiger partial charge on any atom is 0.417 e. The number of hydrogen-bond donors (Lipinski definition) is 0. The molecule has 0 unspecified atom stereocenters. The van der Waals surface area contributed by atoms with Crippen molar-refractivity contribution >= 4 is 49.3 Å². The van der Waals surface area contributed by atoms with Gasteiger partial charge in [-0.1, -0.05) is 103 Å². The number of rotatable bonds is 6. The molecule has 0 aliphatic rings. The van der Waals surface area contributed by atoms with Gasteiger partial charge in [0.15, 0.2) is 5.69 Å². The number of benzene rings is 9. The van der Waals surface area contributed by atoms with Crippen molar-refractivity contribution in [2.75, 3.05) is 0 Å². The van der Waals surface area contributed by atoms with Gasteiger partial charge in [0.25, 0.3) is 0 Å². The fraction of sp³-hybridized carbons (Fsp3) is 0.0339. The first-order valence-corrected chi connectivity index (χ1v) is 21.5. The molecule has 0 spiro atoms. The van der Waals surface area contributed by atoms with Crippen molar-refractivity contribution in [2.24, 2.45) is 0 Å². The Hall–Kier alpha value is -9.16. The zero-order chi connectivity index (χ0) is 46.0. The number of nitriles is 2. The molecular weight excluding hydrogens is 836 g/mol. The predicted molar refractivity (Wildman–Crippen MR) is 262 cm³/mol. The number of para-hydroxylation sites is 2. The van der Waals surface area contributed by atoms with Crippen LogP contribution in [0, 0.1) is 36.2 Å². The van der Waals surface area contributed by atoms with Crippen LogP contribution in [0.15, 0.2) is 188 Å². The first-order valence-electron chi connectivity index (χ1n) is 21.5. The number of hydrogen-bond acceptors (Lipinski definition) is 2. The molecule has 0 fully saturated rings. The number of alkyl halides is 3. The summed E-state index contributed by atoms with van der Waals surface area (Å²) in [6, 6.07) is 63.4. The van der Waals surface area contributed by atoms with Crippen LogP contribution in [0.3, 0.4) is 0 Å². The molecule has 0 bridgehead atoms. The highest BCUT2D eigenvalue weighted by Gasteiger charge is 2.34. The lowest BCUT2D eigenvalue weighted by molar-refractivity contribution is -0.137. The Balaban J connectivity index is 1.22. The van der Waals surface area contributed by atoms with Crippen LogP contribution in [-0.2, 0) is 6.18 Å². The molecule has 5 nitrogen and oxygen atoms in total. The van der Waals surface area contributed by atoms with Crippen molar-refractivity contribution in [3.05, 3.63) is 222 Å². The summed E-state index contributed by atoms with van der Waals surface area (Å²) in [4.78, 5) is 3.89. The second-order valence-electron chi connectivity index (χ2n) is 16.6. The monoisotopic (exact) mass is 869 g/mol. The van der Waals surface area contributed by atoms with E-state index in [2.05, 4.69) is 56.4 Å². The molecule has 2 aromatic heterocycles. The molecule has 9 aromatic carbocycles. The van der Waals surface area contributed by atoms with Gasteiger partial charge >= 0.3 is 6.18 Å². The van der Waals surface area contributed by atoms with Crippen molar-refractivity contribution in [1.82, 2.24) is 9.13 Å². The van der Waals surface area contributed by atoms with Crippen molar-refractivity contribution in [3.8, 4) is 68.0 Å². The lowest BCUT2D eigenvalue weighted by Gasteiger charge is -2.21. The average molecular weight is 870 g/mol. The molecule has 0 radical (unpaired) electrons. The molecule has 67 heavy (non-hydrogen) atoms. The molecule has 11 rings (SSSR count). The number of nitrogens with zero attached hydrogens (tertiary/aromatic N) is 5. The standard InChI is InChI=1S/C59H34F3N5/c1-36-10-7-17-51(59(60,61)62)58(36)43-20-24-47(57(32-43)67-53-19-6-4-16-46(53)49-31-42(22-26-55(49)67)40-14-9-12-38(29-40)35-64)50-33-44(65-2)23-27-56(50)66-52-18-5-3-15-45(52)48-30-41(21-25-54(48)66)39-13-8-11-37(28-39)34-63/h3-33H,1H3. The van der Waals surface area contributed by atoms with Crippen molar-refractivity contribution in [1.29, 1.82) is 10.5 Å². The zero-order valence-corrected chi connectivity index (χ0v) is 35.8. The van der Waals surface area contributed by atoms with Crippen LogP contribution in [0.25, 0.3) is 104 Å². The van der Waals surface area contributed by atoms with Gasteiger partial charge in [-0.15, -0.1) is 0 Å². The highest BCUT2D eigenvalue weighted by molar-refractivity contribution is 6.13. The van der Waals surface area contributed by atoms with Gasteiger partial charge in [0.05, 0.1) is 68.8 Å². The van der Waals surface area contributed by atoms with Gasteiger partial charge in [0, 0.05) is 27.1 Å². The third-order valence-corrected chi connectivity index (χ3v) is 12.7. The minimum atomic E-state index is -4.61. The molecule has 2 heterocycles. The lowest BCUT2D eigenvalue weighted by Crippen LogP contribution is -2.08. The molecule has 0 saturated heterocycles. The fourth-order valence-corrected chi connectivity index (χ4v) is 9.75. The van der Waals surface area contributed by atoms with E-state index in [9.17, 15) is 23.7 Å². The molecule has 0 atom stereocenters. The van der Waals surface area contributed by atoms with Gasteiger partial charge in [0.1, 0.15) is 0 Å². The quantitative estimate of drug-likeness (QED) is 0.156. The summed E-state index contributed by atoms with van der Waals surface area (Å²) in [5.74, 6) is 0. The molecule has 0 amide bonds. The number of halogens is 3. The molecule has 0 aliphatic heterocycles. The van der Waals surface area contributed by atoms with Crippen LogP contribution in [0.1, 0.15) is 22.3 Å². The molecule has 8 heteroatoms. The van der Waals surface area contributed by atoms with Crippen LogP contribution in [-0.4, -0.2) is 9.13 Å².